The molecule has 5 rings (SSSR count). The number of aromatic nitrogens is 1. The van der Waals surface area contributed by atoms with Crippen LogP contribution in [-0.2, 0) is 17.6 Å². The highest BCUT2D eigenvalue weighted by molar-refractivity contribution is 7.15. The van der Waals surface area contributed by atoms with Gasteiger partial charge < -0.3 is 19.7 Å². The fraction of sp³-hybridized carbons (Fsp3) is 0.303. The number of hydrogen-bond acceptors (Lipinski definition) is 7. The lowest BCUT2D eigenvalue weighted by atomic mass is 10.1. The van der Waals surface area contributed by atoms with Gasteiger partial charge in [0.05, 0.1) is 12.8 Å². The fourth-order valence-corrected chi connectivity index (χ4v) is 4.85. The number of benzene rings is 3. The maximum absolute atomic E-state index is 10.2. The number of nitrogens with zero attached hydrogens (tertiary/aromatic N) is 2. The minimum absolute atomic E-state index is 0.476. The molecule has 40 heavy (non-hydrogen) atoms. The van der Waals surface area contributed by atoms with E-state index in [0.29, 0.717) is 6.42 Å². The van der Waals surface area contributed by atoms with Crippen LogP contribution in [0.15, 0.2) is 66.7 Å². The van der Waals surface area contributed by atoms with Gasteiger partial charge in [-0.2, -0.15) is 0 Å². The highest BCUT2D eigenvalue weighted by Crippen LogP contribution is 2.34. The molecule has 0 aliphatic carbocycles. The van der Waals surface area contributed by atoms with Crippen molar-refractivity contribution in [3.05, 3.63) is 93.9 Å². The molecule has 1 aliphatic heterocycles. The molecule has 2 heterocycles. The largest absolute Gasteiger partial charge is 0.497 e. The number of aryl methyl sites for hydroxylation is 2. The number of thiazole rings is 1. The summed E-state index contributed by atoms with van der Waals surface area (Å²) in [5, 5.41) is 4.10. The van der Waals surface area contributed by atoms with Crippen molar-refractivity contribution in [2.24, 2.45) is 0 Å². The summed E-state index contributed by atoms with van der Waals surface area (Å²) < 4.78 is 4.96. The summed E-state index contributed by atoms with van der Waals surface area (Å²) in [6.45, 7) is 9.17. The number of aldehydes is 2. The van der Waals surface area contributed by atoms with E-state index in [0.717, 1.165) is 58.8 Å². The topological polar surface area (TPSA) is 71.5 Å². The Morgan fingerprint density at radius 3 is 2.27 bits per heavy atom. The van der Waals surface area contributed by atoms with Crippen LogP contribution >= 0.6 is 11.3 Å². The Labute approximate surface area is 243 Å². The molecule has 7 heteroatoms. The Bertz CT molecular complexity index is 1350. The minimum Gasteiger partial charge on any atom is -0.497 e. The number of hydrogen-bond donors (Lipinski definition) is 1. The van der Waals surface area contributed by atoms with Gasteiger partial charge in [-0.1, -0.05) is 56.3 Å². The Morgan fingerprint density at radius 1 is 1.02 bits per heavy atom. The number of methoxy groups -OCH3 is 1. The highest BCUT2D eigenvalue weighted by Gasteiger charge is 2.17. The molecule has 1 N–H and O–H groups in total. The van der Waals surface area contributed by atoms with Gasteiger partial charge in [0.2, 0.25) is 0 Å². The van der Waals surface area contributed by atoms with Crippen LogP contribution < -0.4 is 15.0 Å². The van der Waals surface area contributed by atoms with Gasteiger partial charge in [-0.25, -0.2) is 4.98 Å². The van der Waals surface area contributed by atoms with Gasteiger partial charge in [0, 0.05) is 48.8 Å². The number of anilines is 2. The third-order valence-corrected chi connectivity index (χ3v) is 7.27. The molecule has 1 aromatic heterocycles. The molecule has 3 aromatic carbocycles. The SMILES string of the molecule is CC.CNc1nc(-c2ccc3c(c2)CCN3C)c(C)s1.COc1ccc(CC=O)cc1.Cc1ccccc1C=O. The molecule has 0 saturated heterocycles. The first-order valence-corrected chi connectivity index (χ1v) is 14.3. The lowest BCUT2D eigenvalue weighted by molar-refractivity contribution is -0.107. The molecule has 0 amide bonds. The molecule has 1 aliphatic rings. The van der Waals surface area contributed by atoms with E-state index in [9.17, 15) is 9.59 Å². The van der Waals surface area contributed by atoms with Gasteiger partial charge in [-0.15, -0.1) is 11.3 Å². The molecular weight excluding hydrogens is 518 g/mol. The second-order valence-electron chi connectivity index (χ2n) is 8.88. The molecule has 0 fully saturated rings. The van der Waals surface area contributed by atoms with Gasteiger partial charge in [0.1, 0.15) is 18.3 Å². The zero-order valence-electron chi connectivity index (χ0n) is 24.7. The summed E-state index contributed by atoms with van der Waals surface area (Å²) in [6.07, 6.45) is 3.38. The van der Waals surface area contributed by atoms with E-state index >= 15 is 0 Å². The van der Waals surface area contributed by atoms with Crippen molar-refractivity contribution in [3.63, 3.8) is 0 Å². The zero-order valence-corrected chi connectivity index (χ0v) is 25.5. The van der Waals surface area contributed by atoms with Crippen LogP contribution in [0.3, 0.4) is 0 Å². The van der Waals surface area contributed by atoms with Crippen molar-refractivity contribution in [3.8, 4) is 17.0 Å². The van der Waals surface area contributed by atoms with Crippen molar-refractivity contribution in [1.82, 2.24) is 4.98 Å². The molecule has 0 unspecified atom stereocenters. The van der Waals surface area contributed by atoms with Crippen LogP contribution in [0.4, 0.5) is 10.8 Å². The maximum Gasteiger partial charge on any atom is 0.183 e. The first kappa shape index (κ1) is 32.2. The molecule has 6 nitrogen and oxygen atoms in total. The van der Waals surface area contributed by atoms with Crippen molar-refractivity contribution < 1.29 is 14.3 Å². The smallest absolute Gasteiger partial charge is 0.183 e. The van der Waals surface area contributed by atoms with E-state index in [1.807, 2.05) is 76.3 Å². The van der Waals surface area contributed by atoms with Crippen molar-refractivity contribution in [1.29, 1.82) is 0 Å². The minimum atomic E-state index is 0.476. The predicted octanol–water partition coefficient (Wildman–Crippen LogP) is 7.42. The first-order valence-electron chi connectivity index (χ1n) is 13.5. The molecule has 4 aromatic rings. The van der Waals surface area contributed by atoms with Gasteiger partial charge in [0.25, 0.3) is 0 Å². The monoisotopic (exact) mass is 559 g/mol. The van der Waals surface area contributed by atoms with E-state index in [-0.39, 0.29) is 0 Å². The first-order chi connectivity index (χ1) is 19.4. The van der Waals surface area contributed by atoms with Gasteiger partial charge in [0.15, 0.2) is 5.13 Å². The molecule has 212 valence electrons. The summed E-state index contributed by atoms with van der Waals surface area (Å²) in [5.74, 6) is 0.819. The number of carbonyl (C=O) groups is 2. The molecule has 0 radical (unpaired) electrons. The Kier molecular flexibility index (Phi) is 13.6. The standard InChI is InChI=1S/C14H17N3S.C9H10O2.C8H8O.C2H6/c1-9-13(16-14(15-2)18-9)11-4-5-12-10(8-11)6-7-17(12)3;1-11-9-4-2-8(3-5-9)6-7-10;1-7-4-2-3-5-8(7)6-9;1-2/h4-5,8H,6-7H2,1-3H3,(H,15,16);2-5,7H,6H2,1H3;2-6H,1H3;1-2H3. The van der Waals surface area contributed by atoms with Crippen molar-refractivity contribution in [2.45, 2.75) is 40.5 Å². The number of carbonyl (C=O) groups excluding carboxylic acids is 2. The third-order valence-electron chi connectivity index (χ3n) is 6.28. The van der Waals surface area contributed by atoms with E-state index < -0.39 is 0 Å². The molecule has 0 saturated carbocycles. The van der Waals surface area contributed by atoms with Crippen LogP contribution in [0.2, 0.25) is 0 Å². The Morgan fingerprint density at radius 2 is 1.73 bits per heavy atom. The van der Waals surface area contributed by atoms with E-state index in [1.54, 1.807) is 18.4 Å². The van der Waals surface area contributed by atoms with Crippen LogP contribution in [0.25, 0.3) is 11.3 Å². The number of fused-ring (bicyclic) bond motifs is 1. The van der Waals surface area contributed by atoms with Gasteiger partial charge in [-0.05, 0) is 61.2 Å². The van der Waals surface area contributed by atoms with Crippen LogP contribution in [-0.4, -0.2) is 45.3 Å². The summed E-state index contributed by atoms with van der Waals surface area (Å²) in [6, 6.07) is 21.7. The lowest BCUT2D eigenvalue weighted by Gasteiger charge is -2.11. The maximum atomic E-state index is 10.2. The summed E-state index contributed by atoms with van der Waals surface area (Å²) in [7, 11) is 5.69. The lowest BCUT2D eigenvalue weighted by Crippen LogP contribution is -2.12. The number of nitrogens with one attached hydrogen (secondary N) is 1. The quantitative estimate of drug-likeness (QED) is 0.248. The van der Waals surface area contributed by atoms with E-state index in [2.05, 4.69) is 47.4 Å². The van der Waals surface area contributed by atoms with Crippen molar-refractivity contribution in [2.75, 3.05) is 38.0 Å². The normalized spacial score (nSPS) is 10.9. The zero-order chi connectivity index (χ0) is 29.5. The molecular formula is C33H41N3O3S. The van der Waals surface area contributed by atoms with E-state index in [1.165, 1.54) is 21.7 Å². The second-order valence-corrected chi connectivity index (χ2v) is 10.1. The third kappa shape index (κ3) is 9.06. The summed E-state index contributed by atoms with van der Waals surface area (Å²) >= 11 is 1.71. The van der Waals surface area contributed by atoms with Gasteiger partial charge in [-0.3, -0.25) is 4.79 Å². The molecule has 0 spiro atoms. The average molecular weight is 560 g/mol. The predicted molar refractivity (Wildman–Crippen MR) is 169 cm³/mol. The number of likely N-dealkylation sites (N-methyl/N-ethyl adjacent to an activating group) is 1. The molecule has 0 bridgehead atoms. The van der Waals surface area contributed by atoms with E-state index in [4.69, 9.17) is 4.74 Å². The van der Waals surface area contributed by atoms with Crippen LogP contribution in [0.5, 0.6) is 5.75 Å². The second kappa shape index (κ2) is 16.9. The van der Waals surface area contributed by atoms with Crippen LogP contribution in [0.1, 0.15) is 45.8 Å². The Hall–Kier alpha value is -3.97. The molecule has 0 atom stereocenters. The van der Waals surface area contributed by atoms with Crippen molar-refractivity contribution >= 4 is 34.7 Å². The summed E-state index contributed by atoms with van der Waals surface area (Å²) in [5.41, 5.74) is 7.97. The highest BCUT2D eigenvalue weighted by atomic mass is 32.1. The Balaban J connectivity index is 0.000000219. The number of ether oxygens (including phenoxy) is 1. The van der Waals surface area contributed by atoms with Crippen LogP contribution in [0, 0.1) is 13.8 Å². The van der Waals surface area contributed by atoms with Gasteiger partial charge >= 0.3 is 0 Å². The number of rotatable bonds is 6. The summed E-state index contributed by atoms with van der Waals surface area (Å²) in [4.78, 5) is 28.5. The average Bonchev–Trinajstić information content (AvgIpc) is 3.57. The fourth-order valence-electron chi connectivity index (χ4n) is 4.06.